The highest BCUT2D eigenvalue weighted by Gasteiger charge is 2.10. The van der Waals surface area contributed by atoms with Crippen LogP contribution in [0.3, 0.4) is 0 Å². The summed E-state index contributed by atoms with van der Waals surface area (Å²) in [6.07, 6.45) is 1.75. The van der Waals surface area contributed by atoms with Crippen molar-refractivity contribution in [2.45, 2.75) is 27.7 Å². The fraction of sp³-hybridized carbons (Fsp3) is 0.833. The second kappa shape index (κ2) is 12.7. The molecule has 0 aromatic heterocycles. The molecule has 1 aliphatic heterocycles. The fourth-order valence-electron chi connectivity index (χ4n) is 1.16. The molecule has 1 rings (SSSR count). The largest absolute Gasteiger partial charge is 0.304 e. The first-order chi connectivity index (χ1) is 6.74. The van der Waals surface area contributed by atoms with Gasteiger partial charge < -0.3 is 9.80 Å². The van der Waals surface area contributed by atoms with E-state index in [1.54, 1.807) is 6.08 Å². The van der Waals surface area contributed by atoms with E-state index in [4.69, 9.17) is 0 Å². The summed E-state index contributed by atoms with van der Waals surface area (Å²) in [6, 6.07) is 0. The molecule has 0 aromatic rings. The molecule has 0 bridgehead atoms. The zero-order valence-corrected chi connectivity index (χ0v) is 10.7. The SMILES string of the molecule is C=CC.CC.CCN1CCN(C)CC1. The summed E-state index contributed by atoms with van der Waals surface area (Å²) in [5.74, 6) is 0. The van der Waals surface area contributed by atoms with Crippen LogP contribution >= 0.6 is 0 Å². The maximum Gasteiger partial charge on any atom is 0.0110 e. The molecule has 2 heteroatoms. The Morgan fingerprint density at radius 3 is 1.79 bits per heavy atom. The second-order valence-electron chi connectivity index (χ2n) is 3.15. The Balaban J connectivity index is 0. The monoisotopic (exact) mass is 200 g/mol. The summed E-state index contributed by atoms with van der Waals surface area (Å²) in [6.45, 7) is 17.7. The van der Waals surface area contributed by atoms with Gasteiger partial charge in [-0.05, 0) is 20.5 Å². The molecule has 1 aliphatic rings. The van der Waals surface area contributed by atoms with E-state index in [-0.39, 0.29) is 0 Å². The predicted molar refractivity (Wildman–Crippen MR) is 66.8 cm³/mol. The van der Waals surface area contributed by atoms with E-state index in [9.17, 15) is 0 Å². The van der Waals surface area contributed by atoms with Crippen LogP contribution in [0, 0.1) is 0 Å². The van der Waals surface area contributed by atoms with E-state index in [1.165, 1.54) is 32.7 Å². The van der Waals surface area contributed by atoms with Crippen molar-refractivity contribution in [3.8, 4) is 0 Å². The molecule has 0 atom stereocenters. The number of nitrogens with zero attached hydrogens (tertiary/aromatic N) is 2. The Morgan fingerprint density at radius 2 is 1.50 bits per heavy atom. The van der Waals surface area contributed by atoms with Crippen LogP contribution in [0.2, 0.25) is 0 Å². The van der Waals surface area contributed by atoms with E-state index in [1.807, 2.05) is 20.8 Å². The fourth-order valence-corrected chi connectivity index (χ4v) is 1.16. The van der Waals surface area contributed by atoms with E-state index < -0.39 is 0 Å². The Bertz CT molecular complexity index is 105. The van der Waals surface area contributed by atoms with Gasteiger partial charge in [-0.15, -0.1) is 6.58 Å². The molecule has 0 aliphatic carbocycles. The van der Waals surface area contributed by atoms with Crippen molar-refractivity contribution in [2.24, 2.45) is 0 Å². The third kappa shape index (κ3) is 9.75. The van der Waals surface area contributed by atoms with Crippen LogP contribution < -0.4 is 0 Å². The molecule has 14 heavy (non-hydrogen) atoms. The third-order valence-electron chi connectivity index (χ3n) is 2.04. The van der Waals surface area contributed by atoms with Crippen molar-refractivity contribution in [3.63, 3.8) is 0 Å². The lowest BCUT2D eigenvalue weighted by molar-refractivity contribution is 0.160. The van der Waals surface area contributed by atoms with Crippen LogP contribution in [0.5, 0.6) is 0 Å². The number of allylic oxidation sites excluding steroid dienone is 1. The van der Waals surface area contributed by atoms with Gasteiger partial charge in [0.15, 0.2) is 0 Å². The molecule has 1 heterocycles. The lowest BCUT2D eigenvalue weighted by Gasteiger charge is -2.31. The molecule has 0 unspecified atom stereocenters. The lowest BCUT2D eigenvalue weighted by Crippen LogP contribution is -2.44. The van der Waals surface area contributed by atoms with Gasteiger partial charge in [0.1, 0.15) is 0 Å². The minimum atomic E-state index is 1.22. The predicted octanol–water partition coefficient (Wildman–Crippen LogP) is 2.47. The molecule has 0 N–H and O–H groups in total. The molecular formula is C12H28N2. The maximum atomic E-state index is 3.36. The topological polar surface area (TPSA) is 6.48 Å². The van der Waals surface area contributed by atoms with E-state index >= 15 is 0 Å². The summed E-state index contributed by atoms with van der Waals surface area (Å²) in [5.41, 5.74) is 0. The van der Waals surface area contributed by atoms with Gasteiger partial charge >= 0.3 is 0 Å². The van der Waals surface area contributed by atoms with Gasteiger partial charge in [-0.1, -0.05) is 26.8 Å². The van der Waals surface area contributed by atoms with Crippen LogP contribution in [0.25, 0.3) is 0 Å². The molecule has 0 saturated carbocycles. The van der Waals surface area contributed by atoms with E-state index in [2.05, 4.69) is 30.4 Å². The molecule has 0 radical (unpaired) electrons. The van der Waals surface area contributed by atoms with Crippen molar-refractivity contribution in [1.82, 2.24) is 9.80 Å². The Kier molecular flexibility index (Phi) is 14.6. The zero-order valence-electron chi connectivity index (χ0n) is 10.7. The summed E-state index contributed by atoms with van der Waals surface area (Å²) in [5, 5.41) is 0. The summed E-state index contributed by atoms with van der Waals surface area (Å²) in [7, 11) is 2.19. The number of piperazine rings is 1. The smallest absolute Gasteiger partial charge is 0.0110 e. The minimum absolute atomic E-state index is 1.22. The molecule has 1 fully saturated rings. The Morgan fingerprint density at radius 1 is 1.14 bits per heavy atom. The van der Waals surface area contributed by atoms with Crippen molar-refractivity contribution >= 4 is 0 Å². The standard InChI is InChI=1S/C7H16N2.C3H6.C2H6/c1-3-9-6-4-8(2)5-7-9;1-3-2;1-2/h3-7H2,1-2H3;3H,1H2,2H3;1-2H3. The van der Waals surface area contributed by atoms with Gasteiger partial charge in [-0.3, -0.25) is 0 Å². The van der Waals surface area contributed by atoms with Gasteiger partial charge in [0.2, 0.25) is 0 Å². The Labute approximate surface area is 90.6 Å². The first-order valence-electron chi connectivity index (χ1n) is 5.72. The molecule has 0 spiro atoms. The summed E-state index contributed by atoms with van der Waals surface area (Å²) in [4.78, 5) is 4.87. The summed E-state index contributed by atoms with van der Waals surface area (Å²) >= 11 is 0. The molecule has 2 nitrogen and oxygen atoms in total. The normalized spacial score (nSPS) is 17.2. The first kappa shape index (κ1) is 16.1. The average Bonchev–Trinajstić information content (AvgIpc) is 2.23. The van der Waals surface area contributed by atoms with Crippen molar-refractivity contribution < 1.29 is 0 Å². The maximum absolute atomic E-state index is 3.36. The molecule has 0 aromatic carbocycles. The van der Waals surface area contributed by atoms with E-state index in [0.717, 1.165) is 0 Å². The van der Waals surface area contributed by atoms with Crippen molar-refractivity contribution in [3.05, 3.63) is 12.7 Å². The summed E-state index contributed by atoms with van der Waals surface area (Å²) < 4.78 is 0. The van der Waals surface area contributed by atoms with Crippen LogP contribution in [0.15, 0.2) is 12.7 Å². The Hall–Kier alpha value is -0.340. The molecular weight excluding hydrogens is 172 g/mol. The highest BCUT2D eigenvalue weighted by atomic mass is 15.2. The number of likely N-dealkylation sites (N-methyl/N-ethyl adjacent to an activating group) is 2. The van der Waals surface area contributed by atoms with Crippen LogP contribution in [-0.4, -0.2) is 49.6 Å². The lowest BCUT2D eigenvalue weighted by atomic mass is 10.3. The van der Waals surface area contributed by atoms with Gasteiger partial charge in [-0.25, -0.2) is 0 Å². The quantitative estimate of drug-likeness (QED) is 0.600. The zero-order chi connectivity index (χ0) is 11.4. The van der Waals surface area contributed by atoms with Crippen LogP contribution in [0.4, 0.5) is 0 Å². The molecule has 86 valence electrons. The molecule has 1 saturated heterocycles. The van der Waals surface area contributed by atoms with Crippen molar-refractivity contribution in [2.75, 3.05) is 39.8 Å². The molecule has 0 amide bonds. The third-order valence-corrected chi connectivity index (χ3v) is 2.04. The number of rotatable bonds is 1. The average molecular weight is 200 g/mol. The van der Waals surface area contributed by atoms with E-state index in [0.29, 0.717) is 0 Å². The van der Waals surface area contributed by atoms with Gasteiger partial charge in [0, 0.05) is 26.2 Å². The first-order valence-corrected chi connectivity index (χ1v) is 5.72. The van der Waals surface area contributed by atoms with Crippen LogP contribution in [-0.2, 0) is 0 Å². The highest BCUT2D eigenvalue weighted by Crippen LogP contribution is 1.96. The van der Waals surface area contributed by atoms with Gasteiger partial charge in [-0.2, -0.15) is 0 Å². The van der Waals surface area contributed by atoms with Crippen LogP contribution in [0.1, 0.15) is 27.7 Å². The van der Waals surface area contributed by atoms with Crippen molar-refractivity contribution in [1.29, 1.82) is 0 Å². The van der Waals surface area contributed by atoms with Gasteiger partial charge in [0.05, 0.1) is 0 Å². The second-order valence-corrected chi connectivity index (χ2v) is 3.15. The van der Waals surface area contributed by atoms with Gasteiger partial charge in [0.25, 0.3) is 0 Å². The number of hydrogen-bond acceptors (Lipinski definition) is 2. The number of hydrogen-bond donors (Lipinski definition) is 0. The minimum Gasteiger partial charge on any atom is -0.304 e. The highest BCUT2D eigenvalue weighted by molar-refractivity contribution is 4.66.